The first-order valence-electron chi connectivity index (χ1n) is 7.83. The number of amides is 2. The summed E-state index contributed by atoms with van der Waals surface area (Å²) in [4.78, 5) is 16.1. The number of carbonyl (C=O) groups is 1. The molecule has 7 nitrogen and oxygen atoms in total. The molecule has 122 valence electrons. The molecule has 0 saturated carbocycles. The molecule has 0 aliphatic carbocycles. The van der Waals surface area contributed by atoms with Crippen LogP contribution >= 0.6 is 0 Å². The molecule has 7 heteroatoms. The van der Waals surface area contributed by atoms with Crippen molar-refractivity contribution in [2.24, 2.45) is 0 Å². The monoisotopic (exact) mass is 315 g/mol. The van der Waals surface area contributed by atoms with Crippen molar-refractivity contribution in [3.8, 4) is 0 Å². The van der Waals surface area contributed by atoms with E-state index in [4.69, 9.17) is 4.42 Å². The Morgan fingerprint density at radius 1 is 1.13 bits per heavy atom. The van der Waals surface area contributed by atoms with Gasteiger partial charge in [0.1, 0.15) is 0 Å². The average molecular weight is 315 g/mol. The second-order valence-corrected chi connectivity index (χ2v) is 5.85. The van der Waals surface area contributed by atoms with Crippen LogP contribution in [0.5, 0.6) is 0 Å². The summed E-state index contributed by atoms with van der Waals surface area (Å²) in [6, 6.07) is 9.93. The van der Waals surface area contributed by atoms with Crippen LogP contribution in [-0.2, 0) is 0 Å². The van der Waals surface area contributed by atoms with Gasteiger partial charge in [-0.15, -0.1) is 5.10 Å². The van der Waals surface area contributed by atoms with E-state index in [0.29, 0.717) is 38.1 Å². The lowest BCUT2D eigenvalue weighted by Crippen LogP contribution is -2.50. The predicted molar refractivity (Wildman–Crippen MR) is 87.6 cm³/mol. The maximum absolute atomic E-state index is 12.2. The SMILES string of the molecule is CC(C)c1nnc(N2CCN(C(=O)Nc3ccccc3)CC2)o1. The minimum absolute atomic E-state index is 0.0794. The molecule has 1 aliphatic rings. The smallest absolute Gasteiger partial charge is 0.321 e. The van der Waals surface area contributed by atoms with Crippen LogP contribution in [0.25, 0.3) is 0 Å². The molecule has 2 aromatic rings. The Morgan fingerprint density at radius 3 is 2.43 bits per heavy atom. The molecule has 1 aromatic carbocycles. The number of aromatic nitrogens is 2. The summed E-state index contributed by atoms with van der Waals surface area (Å²) in [7, 11) is 0. The number of nitrogens with zero attached hydrogens (tertiary/aromatic N) is 4. The van der Waals surface area contributed by atoms with Gasteiger partial charge in [-0.1, -0.05) is 37.1 Å². The van der Waals surface area contributed by atoms with Crippen LogP contribution < -0.4 is 10.2 Å². The van der Waals surface area contributed by atoms with Crippen LogP contribution in [0.3, 0.4) is 0 Å². The molecule has 1 fully saturated rings. The van der Waals surface area contributed by atoms with Gasteiger partial charge < -0.3 is 19.5 Å². The lowest BCUT2D eigenvalue weighted by atomic mass is 10.2. The van der Waals surface area contributed by atoms with Gasteiger partial charge in [-0.25, -0.2) is 4.79 Å². The Labute approximate surface area is 135 Å². The molecule has 23 heavy (non-hydrogen) atoms. The largest absolute Gasteiger partial charge is 0.408 e. The standard InChI is InChI=1S/C16H21N5O2/c1-12(2)14-18-19-16(23-14)21-10-8-20(9-11-21)15(22)17-13-6-4-3-5-7-13/h3-7,12H,8-11H2,1-2H3,(H,17,22). The molecule has 1 N–H and O–H groups in total. The number of urea groups is 1. The number of hydrogen-bond donors (Lipinski definition) is 1. The van der Waals surface area contributed by atoms with E-state index in [1.54, 1.807) is 4.90 Å². The van der Waals surface area contributed by atoms with Crippen LogP contribution in [0.15, 0.2) is 34.7 Å². The fourth-order valence-corrected chi connectivity index (χ4v) is 2.41. The van der Waals surface area contributed by atoms with E-state index in [9.17, 15) is 4.79 Å². The van der Waals surface area contributed by atoms with Crippen molar-refractivity contribution < 1.29 is 9.21 Å². The van der Waals surface area contributed by atoms with Crippen molar-refractivity contribution in [3.63, 3.8) is 0 Å². The lowest BCUT2D eigenvalue weighted by molar-refractivity contribution is 0.207. The molecule has 0 radical (unpaired) electrons. The van der Waals surface area contributed by atoms with Gasteiger partial charge in [-0.3, -0.25) is 0 Å². The number of nitrogens with one attached hydrogen (secondary N) is 1. The third-order valence-corrected chi connectivity index (χ3v) is 3.79. The Morgan fingerprint density at radius 2 is 1.83 bits per heavy atom. The Kier molecular flexibility index (Phi) is 4.45. The molecule has 1 saturated heterocycles. The average Bonchev–Trinajstić information content (AvgIpc) is 3.06. The van der Waals surface area contributed by atoms with Crippen molar-refractivity contribution in [3.05, 3.63) is 36.2 Å². The van der Waals surface area contributed by atoms with Crippen molar-refractivity contribution in [1.82, 2.24) is 15.1 Å². The van der Waals surface area contributed by atoms with E-state index in [-0.39, 0.29) is 11.9 Å². The highest BCUT2D eigenvalue weighted by Crippen LogP contribution is 2.19. The first-order chi connectivity index (χ1) is 11.1. The van der Waals surface area contributed by atoms with Crippen molar-refractivity contribution in [1.29, 1.82) is 0 Å². The molecule has 0 bridgehead atoms. The van der Waals surface area contributed by atoms with Gasteiger partial charge in [0.15, 0.2) is 0 Å². The zero-order chi connectivity index (χ0) is 16.2. The van der Waals surface area contributed by atoms with Crippen LogP contribution in [-0.4, -0.2) is 47.3 Å². The molecule has 0 atom stereocenters. The first kappa shape index (κ1) is 15.3. The van der Waals surface area contributed by atoms with Crippen LogP contribution in [0, 0.1) is 0 Å². The number of para-hydroxylation sites is 1. The molecular formula is C16H21N5O2. The summed E-state index contributed by atoms with van der Waals surface area (Å²) in [5.74, 6) is 0.860. The van der Waals surface area contributed by atoms with Gasteiger partial charge in [0.2, 0.25) is 5.89 Å². The van der Waals surface area contributed by atoms with Crippen LogP contribution in [0.2, 0.25) is 0 Å². The minimum Gasteiger partial charge on any atom is -0.408 e. The van der Waals surface area contributed by atoms with Crippen molar-refractivity contribution >= 4 is 17.7 Å². The van der Waals surface area contributed by atoms with E-state index in [1.807, 2.05) is 49.1 Å². The number of piperazine rings is 1. The van der Waals surface area contributed by atoms with Gasteiger partial charge in [0.05, 0.1) is 0 Å². The van der Waals surface area contributed by atoms with Crippen molar-refractivity contribution in [2.45, 2.75) is 19.8 Å². The lowest BCUT2D eigenvalue weighted by Gasteiger charge is -2.33. The quantitative estimate of drug-likeness (QED) is 0.942. The van der Waals surface area contributed by atoms with E-state index < -0.39 is 0 Å². The Hall–Kier alpha value is -2.57. The van der Waals surface area contributed by atoms with Gasteiger partial charge in [-0.2, -0.15) is 0 Å². The third-order valence-electron chi connectivity index (χ3n) is 3.79. The second-order valence-electron chi connectivity index (χ2n) is 5.85. The predicted octanol–water partition coefficient (Wildman–Crippen LogP) is 2.55. The summed E-state index contributed by atoms with van der Waals surface area (Å²) in [5, 5.41) is 11.0. The Balaban J connectivity index is 1.54. The zero-order valence-electron chi connectivity index (χ0n) is 13.4. The number of anilines is 2. The first-order valence-corrected chi connectivity index (χ1v) is 7.83. The van der Waals surface area contributed by atoms with Gasteiger partial charge in [-0.05, 0) is 12.1 Å². The number of carbonyl (C=O) groups excluding carboxylic acids is 1. The summed E-state index contributed by atoms with van der Waals surface area (Å²) < 4.78 is 5.66. The molecule has 1 aliphatic heterocycles. The minimum atomic E-state index is -0.0794. The molecule has 3 rings (SSSR count). The van der Waals surface area contributed by atoms with E-state index in [1.165, 1.54) is 0 Å². The van der Waals surface area contributed by atoms with Crippen LogP contribution in [0.4, 0.5) is 16.5 Å². The van der Waals surface area contributed by atoms with E-state index in [2.05, 4.69) is 15.5 Å². The highest BCUT2D eigenvalue weighted by molar-refractivity contribution is 5.89. The number of benzene rings is 1. The van der Waals surface area contributed by atoms with Crippen molar-refractivity contribution in [2.75, 3.05) is 36.4 Å². The maximum Gasteiger partial charge on any atom is 0.321 e. The van der Waals surface area contributed by atoms with Crippen LogP contribution in [0.1, 0.15) is 25.7 Å². The van der Waals surface area contributed by atoms with Gasteiger partial charge in [0.25, 0.3) is 0 Å². The normalized spacial score (nSPS) is 15.1. The topological polar surface area (TPSA) is 74.5 Å². The van der Waals surface area contributed by atoms with Gasteiger partial charge >= 0.3 is 12.0 Å². The number of rotatable bonds is 3. The zero-order valence-corrected chi connectivity index (χ0v) is 13.4. The molecule has 1 aromatic heterocycles. The summed E-state index contributed by atoms with van der Waals surface area (Å²) in [5.41, 5.74) is 0.804. The molecule has 0 unspecified atom stereocenters. The summed E-state index contributed by atoms with van der Waals surface area (Å²) in [6.45, 7) is 6.65. The molecule has 0 spiro atoms. The summed E-state index contributed by atoms with van der Waals surface area (Å²) >= 11 is 0. The Bertz CT molecular complexity index is 648. The highest BCUT2D eigenvalue weighted by Gasteiger charge is 2.24. The molecule has 2 amide bonds. The fraction of sp³-hybridized carbons (Fsp3) is 0.438. The molecular weight excluding hydrogens is 294 g/mol. The maximum atomic E-state index is 12.2. The van der Waals surface area contributed by atoms with E-state index in [0.717, 1.165) is 5.69 Å². The third kappa shape index (κ3) is 3.61. The molecule has 2 heterocycles. The van der Waals surface area contributed by atoms with E-state index >= 15 is 0 Å². The fourth-order valence-electron chi connectivity index (χ4n) is 2.41. The summed E-state index contributed by atoms with van der Waals surface area (Å²) in [6.07, 6.45) is 0. The second kappa shape index (κ2) is 6.68. The number of hydrogen-bond acceptors (Lipinski definition) is 5. The highest BCUT2D eigenvalue weighted by atomic mass is 16.4. The van der Waals surface area contributed by atoms with Gasteiger partial charge in [0, 0.05) is 37.8 Å².